The quantitative estimate of drug-likeness (QED) is 0.731. The number of nitrogens with one attached hydrogen (secondary N) is 2. The predicted molar refractivity (Wildman–Crippen MR) is 87.9 cm³/mol. The van der Waals surface area contributed by atoms with Gasteiger partial charge in [0.05, 0.1) is 30.4 Å². The highest BCUT2D eigenvalue weighted by molar-refractivity contribution is 9.10. The van der Waals surface area contributed by atoms with Crippen LogP contribution in [0.15, 0.2) is 41.1 Å². The van der Waals surface area contributed by atoms with Gasteiger partial charge >= 0.3 is 0 Å². The number of ether oxygens (including phenoxy) is 1. The van der Waals surface area contributed by atoms with Crippen molar-refractivity contribution in [3.05, 3.63) is 58.2 Å². The number of hydrogen-bond acceptors (Lipinski definition) is 3. The van der Waals surface area contributed by atoms with Crippen LogP contribution < -0.4 is 10.1 Å². The second-order valence-electron chi connectivity index (χ2n) is 4.85. The van der Waals surface area contributed by atoms with Crippen LogP contribution in [0.5, 0.6) is 5.75 Å². The lowest BCUT2D eigenvalue weighted by atomic mass is 10.1. The molecule has 0 spiro atoms. The number of carbonyl (C=O) groups excluding carboxylic acids is 1. The first-order valence-electron chi connectivity index (χ1n) is 6.82. The van der Waals surface area contributed by atoms with Crippen molar-refractivity contribution in [1.29, 1.82) is 0 Å². The number of aromatic amines is 1. The van der Waals surface area contributed by atoms with Crippen LogP contribution in [0.1, 0.15) is 16.1 Å². The Labute approximate surface area is 140 Å². The van der Waals surface area contributed by atoms with E-state index in [1.165, 1.54) is 19.2 Å². The highest BCUT2D eigenvalue weighted by atomic mass is 79.9. The van der Waals surface area contributed by atoms with Crippen LogP contribution in [0.3, 0.4) is 0 Å². The molecular weight excluding hydrogens is 365 g/mol. The van der Waals surface area contributed by atoms with Gasteiger partial charge in [0.2, 0.25) is 0 Å². The van der Waals surface area contributed by atoms with Crippen LogP contribution in [-0.2, 0) is 6.54 Å². The summed E-state index contributed by atoms with van der Waals surface area (Å²) >= 11 is 3.43. The summed E-state index contributed by atoms with van der Waals surface area (Å²) in [7, 11) is 1.43. The Morgan fingerprint density at radius 1 is 1.43 bits per heavy atom. The molecule has 0 fully saturated rings. The molecule has 2 N–H and O–H groups in total. The molecule has 0 unspecified atom stereocenters. The Balaban J connectivity index is 1.83. The Bertz CT molecular complexity index is 879. The molecule has 1 aromatic carbocycles. The van der Waals surface area contributed by atoms with Crippen molar-refractivity contribution in [2.24, 2.45) is 0 Å². The molecule has 118 valence electrons. The maximum absolute atomic E-state index is 13.4. The third kappa shape index (κ3) is 3.05. The van der Waals surface area contributed by atoms with Gasteiger partial charge in [-0.2, -0.15) is 0 Å². The van der Waals surface area contributed by atoms with E-state index in [4.69, 9.17) is 4.74 Å². The Morgan fingerprint density at radius 3 is 3.04 bits per heavy atom. The monoisotopic (exact) mass is 377 g/mol. The van der Waals surface area contributed by atoms with Crippen LogP contribution in [-0.4, -0.2) is 23.0 Å². The molecule has 0 aliphatic carbocycles. The van der Waals surface area contributed by atoms with Crippen molar-refractivity contribution in [3.8, 4) is 5.75 Å². The Morgan fingerprint density at radius 2 is 2.26 bits per heavy atom. The molecular formula is C16H13BrFN3O2. The molecule has 0 bridgehead atoms. The molecule has 7 heteroatoms. The van der Waals surface area contributed by atoms with Crippen molar-refractivity contribution in [2.75, 3.05) is 7.11 Å². The van der Waals surface area contributed by atoms with Gasteiger partial charge in [0.25, 0.3) is 5.91 Å². The zero-order valence-electron chi connectivity index (χ0n) is 12.2. The fourth-order valence-electron chi connectivity index (χ4n) is 2.33. The molecule has 0 saturated heterocycles. The zero-order chi connectivity index (χ0) is 16.4. The van der Waals surface area contributed by atoms with E-state index in [1.54, 1.807) is 12.4 Å². The second kappa shape index (κ2) is 6.37. The molecule has 2 aromatic heterocycles. The molecule has 3 aromatic rings. The lowest BCUT2D eigenvalue weighted by molar-refractivity contribution is 0.0947. The number of pyridine rings is 1. The van der Waals surface area contributed by atoms with Gasteiger partial charge in [-0.25, -0.2) is 4.39 Å². The number of halogens is 2. The number of carbonyl (C=O) groups is 1. The average molecular weight is 378 g/mol. The first-order valence-corrected chi connectivity index (χ1v) is 7.61. The molecule has 0 radical (unpaired) electrons. The largest absolute Gasteiger partial charge is 0.496 e. The number of fused-ring (bicyclic) bond motifs is 1. The topological polar surface area (TPSA) is 67.0 Å². The van der Waals surface area contributed by atoms with E-state index in [9.17, 15) is 9.18 Å². The maximum atomic E-state index is 13.4. The van der Waals surface area contributed by atoms with Gasteiger partial charge in [-0.3, -0.25) is 9.78 Å². The van der Waals surface area contributed by atoms with Crippen molar-refractivity contribution in [2.45, 2.75) is 6.54 Å². The number of nitrogens with zero attached hydrogens (tertiary/aromatic N) is 1. The second-order valence-corrected chi connectivity index (χ2v) is 5.70. The Hall–Kier alpha value is -2.41. The van der Waals surface area contributed by atoms with Crippen molar-refractivity contribution >= 4 is 32.7 Å². The molecule has 0 atom stereocenters. The van der Waals surface area contributed by atoms with Gasteiger partial charge < -0.3 is 15.0 Å². The summed E-state index contributed by atoms with van der Waals surface area (Å²) in [4.78, 5) is 19.7. The van der Waals surface area contributed by atoms with E-state index in [-0.39, 0.29) is 12.1 Å². The van der Waals surface area contributed by atoms with Crippen molar-refractivity contribution in [3.63, 3.8) is 0 Å². The zero-order valence-corrected chi connectivity index (χ0v) is 13.8. The van der Waals surface area contributed by atoms with Crippen LogP contribution in [0.25, 0.3) is 10.9 Å². The van der Waals surface area contributed by atoms with Crippen molar-refractivity contribution in [1.82, 2.24) is 15.3 Å². The van der Waals surface area contributed by atoms with E-state index in [0.29, 0.717) is 11.4 Å². The summed E-state index contributed by atoms with van der Waals surface area (Å²) in [6.45, 7) is 0.211. The summed E-state index contributed by atoms with van der Waals surface area (Å²) in [5, 5.41) is 3.71. The number of H-pyrrole nitrogens is 1. The Kier molecular flexibility index (Phi) is 4.29. The number of hydrogen-bond donors (Lipinski definition) is 2. The third-order valence-corrected chi connectivity index (χ3v) is 4.08. The molecule has 0 aliphatic heterocycles. The van der Waals surface area contributed by atoms with Gasteiger partial charge in [0.15, 0.2) is 0 Å². The molecule has 0 aliphatic rings. The predicted octanol–water partition coefficient (Wildman–Crippen LogP) is 3.40. The highest BCUT2D eigenvalue weighted by Crippen LogP contribution is 2.24. The summed E-state index contributed by atoms with van der Waals surface area (Å²) < 4.78 is 19.3. The minimum atomic E-state index is -0.496. The molecule has 3 rings (SSSR count). The first kappa shape index (κ1) is 15.5. The molecule has 23 heavy (non-hydrogen) atoms. The van der Waals surface area contributed by atoms with E-state index in [0.717, 1.165) is 21.4 Å². The van der Waals surface area contributed by atoms with Crippen LogP contribution in [0.4, 0.5) is 4.39 Å². The van der Waals surface area contributed by atoms with Crippen LogP contribution >= 0.6 is 15.9 Å². The summed E-state index contributed by atoms with van der Waals surface area (Å²) in [6.07, 6.45) is 3.48. The van der Waals surface area contributed by atoms with E-state index in [1.807, 2.05) is 6.07 Å². The standard InChI is InChI=1S/C16H13BrFN3O2/c1-23-14-3-2-9(18)6-11(14)16(22)21-8-13-15-10(4-5-19-15)12(17)7-20-13/h2-7,19H,8H2,1H3,(H,21,22). The number of benzene rings is 1. The number of amides is 1. The van der Waals surface area contributed by atoms with E-state index >= 15 is 0 Å². The van der Waals surface area contributed by atoms with Gasteiger partial charge in [0, 0.05) is 22.3 Å². The molecule has 0 saturated carbocycles. The average Bonchev–Trinajstić information content (AvgIpc) is 3.04. The first-order chi connectivity index (χ1) is 11.1. The number of aromatic nitrogens is 2. The smallest absolute Gasteiger partial charge is 0.255 e. The van der Waals surface area contributed by atoms with Gasteiger partial charge in [-0.05, 0) is 40.2 Å². The normalized spacial score (nSPS) is 10.7. The highest BCUT2D eigenvalue weighted by Gasteiger charge is 2.14. The molecule has 5 nitrogen and oxygen atoms in total. The minimum Gasteiger partial charge on any atom is -0.496 e. The summed E-state index contributed by atoms with van der Waals surface area (Å²) in [5.41, 5.74) is 1.68. The van der Waals surface area contributed by atoms with E-state index in [2.05, 4.69) is 31.2 Å². The molecule has 2 heterocycles. The van der Waals surface area contributed by atoms with Crippen LogP contribution in [0.2, 0.25) is 0 Å². The lowest BCUT2D eigenvalue weighted by Gasteiger charge is -2.10. The van der Waals surface area contributed by atoms with Gasteiger partial charge in [-0.15, -0.1) is 0 Å². The summed E-state index contributed by atoms with van der Waals surface area (Å²) in [6, 6.07) is 5.73. The van der Waals surface area contributed by atoms with Crippen LogP contribution in [0, 0.1) is 5.82 Å². The van der Waals surface area contributed by atoms with E-state index < -0.39 is 11.7 Å². The number of rotatable bonds is 4. The fourth-order valence-corrected chi connectivity index (χ4v) is 2.76. The lowest BCUT2D eigenvalue weighted by Crippen LogP contribution is -2.24. The van der Waals surface area contributed by atoms with Crippen molar-refractivity contribution < 1.29 is 13.9 Å². The summed E-state index contributed by atoms with van der Waals surface area (Å²) in [5.74, 6) is -0.604. The third-order valence-electron chi connectivity index (χ3n) is 3.45. The SMILES string of the molecule is COc1ccc(F)cc1C(=O)NCc1ncc(Br)c2cc[nH]c12. The fraction of sp³-hybridized carbons (Fsp3) is 0.125. The minimum absolute atomic E-state index is 0.146. The van der Waals surface area contributed by atoms with Gasteiger partial charge in [-0.1, -0.05) is 0 Å². The number of methoxy groups -OCH3 is 1. The molecule has 1 amide bonds. The van der Waals surface area contributed by atoms with Gasteiger partial charge in [0.1, 0.15) is 11.6 Å². The maximum Gasteiger partial charge on any atom is 0.255 e.